The van der Waals surface area contributed by atoms with Crippen molar-refractivity contribution in [2.75, 3.05) is 7.11 Å². The van der Waals surface area contributed by atoms with Gasteiger partial charge in [0, 0.05) is 7.11 Å². The maximum Gasteiger partial charge on any atom is 0.131 e. The fourth-order valence-electron chi connectivity index (χ4n) is 0.467. The van der Waals surface area contributed by atoms with Gasteiger partial charge in [-0.1, -0.05) is 25.4 Å². The minimum absolute atomic E-state index is 0.102. The Bertz CT molecular complexity index is 54.5. The second-order valence-corrected chi connectivity index (χ2v) is 2.76. The third kappa shape index (κ3) is 4.41. The van der Waals surface area contributed by atoms with Crippen molar-refractivity contribution in [3.05, 3.63) is 0 Å². The van der Waals surface area contributed by atoms with Gasteiger partial charge >= 0.3 is 0 Å². The zero-order chi connectivity index (χ0) is 6.57. The zero-order valence-corrected chi connectivity index (χ0v) is 6.40. The molecule has 0 heterocycles. The normalized spacial score (nSPS) is 14.6. The molecule has 0 amide bonds. The molecule has 0 saturated carbocycles. The van der Waals surface area contributed by atoms with Crippen LogP contribution in [0.15, 0.2) is 0 Å². The fourth-order valence-corrected chi connectivity index (χ4v) is 0.823. The van der Waals surface area contributed by atoms with E-state index in [2.05, 4.69) is 13.8 Å². The molecule has 0 aliphatic rings. The van der Waals surface area contributed by atoms with Crippen molar-refractivity contribution in [1.82, 2.24) is 0 Å². The van der Waals surface area contributed by atoms with Crippen molar-refractivity contribution in [1.29, 1.82) is 0 Å². The van der Waals surface area contributed by atoms with Crippen LogP contribution < -0.4 is 0 Å². The molecule has 2 heteroatoms. The maximum absolute atomic E-state index is 5.64. The van der Waals surface area contributed by atoms with E-state index in [4.69, 9.17) is 16.3 Å². The molecule has 8 heavy (non-hydrogen) atoms. The first-order chi connectivity index (χ1) is 3.66. The Morgan fingerprint density at radius 1 is 1.50 bits per heavy atom. The number of halogens is 1. The van der Waals surface area contributed by atoms with Gasteiger partial charge in [0.25, 0.3) is 0 Å². The minimum atomic E-state index is -0.102. The van der Waals surface area contributed by atoms with E-state index < -0.39 is 0 Å². The monoisotopic (exact) mass is 136 g/mol. The molecule has 0 radical (unpaired) electrons. The summed E-state index contributed by atoms with van der Waals surface area (Å²) >= 11 is 5.64. The highest BCUT2D eigenvalue weighted by molar-refractivity contribution is 6.19. The third-order valence-electron chi connectivity index (χ3n) is 0.912. The molecular weight excluding hydrogens is 124 g/mol. The lowest BCUT2D eigenvalue weighted by Crippen LogP contribution is -2.04. The molecule has 0 aromatic heterocycles. The van der Waals surface area contributed by atoms with Gasteiger partial charge in [0.05, 0.1) is 0 Å². The highest BCUT2D eigenvalue weighted by Gasteiger charge is 2.03. The number of hydrogen-bond donors (Lipinski definition) is 0. The molecule has 0 N–H and O–H groups in total. The average Bonchev–Trinajstić information content (AvgIpc) is 1.65. The summed E-state index contributed by atoms with van der Waals surface area (Å²) in [4.78, 5) is 0. The summed E-state index contributed by atoms with van der Waals surface area (Å²) in [5, 5.41) is 0. The first-order valence-electron chi connectivity index (χ1n) is 2.83. The largest absolute Gasteiger partial charge is 0.366 e. The lowest BCUT2D eigenvalue weighted by molar-refractivity contribution is 0.148. The van der Waals surface area contributed by atoms with Crippen LogP contribution in [0, 0.1) is 5.92 Å². The molecule has 0 aromatic rings. The van der Waals surface area contributed by atoms with E-state index >= 15 is 0 Å². The molecule has 0 spiro atoms. The van der Waals surface area contributed by atoms with Crippen LogP contribution in [0.25, 0.3) is 0 Å². The van der Waals surface area contributed by atoms with Crippen molar-refractivity contribution >= 4 is 11.6 Å². The van der Waals surface area contributed by atoms with Gasteiger partial charge in [0.15, 0.2) is 0 Å². The number of rotatable bonds is 3. The molecule has 0 rings (SSSR count). The minimum Gasteiger partial charge on any atom is -0.366 e. The van der Waals surface area contributed by atoms with Crippen LogP contribution in [0.4, 0.5) is 0 Å². The van der Waals surface area contributed by atoms with Crippen LogP contribution >= 0.6 is 11.6 Å². The van der Waals surface area contributed by atoms with E-state index in [-0.39, 0.29) is 5.56 Å². The summed E-state index contributed by atoms with van der Waals surface area (Å²) in [5.41, 5.74) is -0.102. The number of alkyl halides is 1. The Balaban J connectivity index is 3.10. The first kappa shape index (κ1) is 8.25. The van der Waals surface area contributed by atoms with Gasteiger partial charge in [0.1, 0.15) is 5.56 Å². The van der Waals surface area contributed by atoms with E-state index in [9.17, 15) is 0 Å². The standard InChI is InChI=1S/C6H13ClO/c1-5(2)4-6(7)8-3/h5-6H,4H2,1-3H3. The summed E-state index contributed by atoms with van der Waals surface area (Å²) < 4.78 is 4.83. The number of ether oxygens (including phenoxy) is 1. The predicted octanol–water partition coefficient (Wildman–Crippen LogP) is 2.24. The molecule has 1 atom stereocenters. The predicted molar refractivity (Wildman–Crippen MR) is 36.1 cm³/mol. The Morgan fingerprint density at radius 3 is 2.12 bits per heavy atom. The van der Waals surface area contributed by atoms with E-state index in [0.717, 1.165) is 6.42 Å². The third-order valence-corrected chi connectivity index (χ3v) is 1.27. The average molecular weight is 137 g/mol. The second kappa shape index (κ2) is 4.16. The Kier molecular flexibility index (Phi) is 4.29. The summed E-state index contributed by atoms with van der Waals surface area (Å²) in [6, 6.07) is 0. The number of methoxy groups -OCH3 is 1. The summed E-state index contributed by atoms with van der Waals surface area (Å²) in [7, 11) is 1.63. The van der Waals surface area contributed by atoms with Crippen LogP contribution in [0.5, 0.6) is 0 Å². The van der Waals surface area contributed by atoms with E-state index in [1.807, 2.05) is 0 Å². The van der Waals surface area contributed by atoms with Crippen LogP contribution in [-0.2, 0) is 4.74 Å². The fraction of sp³-hybridized carbons (Fsp3) is 1.00. The van der Waals surface area contributed by atoms with Gasteiger partial charge in [-0.2, -0.15) is 0 Å². The molecule has 0 aromatic carbocycles. The van der Waals surface area contributed by atoms with Gasteiger partial charge in [-0.25, -0.2) is 0 Å². The molecule has 1 nitrogen and oxygen atoms in total. The molecule has 0 fully saturated rings. The molecular formula is C6H13ClO. The Labute approximate surface area is 56.0 Å². The van der Waals surface area contributed by atoms with Crippen molar-refractivity contribution in [2.45, 2.75) is 25.8 Å². The molecule has 0 saturated heterocycles. The topological polar surface area (TPSA) is 9.23 Å². The van der Waals surface area contributed by atoms with Gasteiger partial charge in [-0.05, 0) is 12.3 Å². The molecule has 50 valence electrons. The summed E-state index contributed by atoms with van der Waals surface area (Å²) in [6.07, 6.45) is 0.929. The molecule has 0 bridgehead atoms. The highest BCUT2D eigenvalue weighted by Crippen LogP contribution is 2.09. The summed E-state index contributed by atoms with van der Waals surface area (Å²) in [6.45, 7) is 4.24. The van der Waals surface area contributed by atoms with E-state index in [1.165, 1.54) is 0 Å². The van der Waals surface area contributed by atoms with E-state index in [1.54, 1.807) is 7.11 Å². The van der Waals surface area contributed by atoms with Gasteiger partial charge in [-0.15, -0.1) is 0 Å². The van der Waals surface area contributed by atoms with Crippen LogP contribution in [0.2, 0.25) is 0 Å². The SMILES string of the molecule is COC(Cl)CC(C)C. The Morgan fingerprint density at radius 2 is 2.00 bits per heavy atom. The van der Waals surface area contributed by atoms with E-state index in [0.29, 0.717) is 5.92 Å². The maximum atomic E-state index is 5.64. The van der Waals surface area contributed by atoms with Crippen LogP contribution in [-0.4, -0.2) is 12.7 Å². The first-order valence-corrected chi connectivity index (χ1v) is 3.27. The molecule has 0 aliphatic carbocycles. The van der Waals surface area contributed by atoms with Crippen molar-refractivity contribution < 1.29 is 4.74 Å². The van der Waals surface area contributed by atoms with Crippen molar-refractivity contribution in [2.24, 2.45) is 5.92 Å². The summed E-state index contributed by atoms with van der Waals surface area (Å²) in [5.74, 6) is 0.623. The van der Waals surface area contributed by atoms with Gasteiger partial charge in [-0.3, -0.25) is 0 Å². The zero-order valence-electron chi connectivity index (χ0n) is 5.65. The highest BCUT2D eigenvalue weighted by atomic mass is 35.5. The lowest BCUT2D eigenvalue weighted by atomic mass is 10.1. The van der Waals surface area contributed by atoms with Crippen LogP contribution in [0.1, 0.15) is 20.3 Å². The van der Waals surface area contributed by atoms with Crippen LogP contribution in [0.3, 0.4) is 0 Å². The Hall–Kier alpha value is 0.250. The smallest absolute Gasteiger partial charge is 0.131 e. The molecule has 1 unspecified atom stereocenters. The molecule has 0 aliphatic heterocycles. The lowest BCUT2D eigenvalue weighted by Gasteiger charge is -2.08. The van der Waals surface area contributed by atoms with Crippen molar-refractivity contribution in [3.8, 4) is 0 Å². The van der Waals surface area contributed by atoms with Gasteiger partial charge in [0.2, 0.25) is 0 Å². The number of hydrogen-bond acceptors (Lipinski definition) is 1. The van der Waals surface area contributed by atoms with Gasteiger partial charge < -0.3 is 4.74 Å². The van der Waals surface area contributed by atoms with Crippen molar-refractivity contribution in [3.63, 3.8) is 0 Å². The quantitative estimate of drug-likeness (QED) is 0.541. The second-order valence-electron chi connectivity index (χ2n) is 2.28.